The van der Waals surface area contributed by atoms with E-state index in [9.17, 15) is 9.59 Å². The molecule has 2 nitrogen and oxygen atoms in total. The maximum Gasteiger partial charge on any atom is 0.146 e. The highest BCUT2D eigenvalue weighted by Gasteiger charge is 2.34. The molecule has 10 heavy (non-hydrogen) atoms. The van der Waals surface area contributed by atoms with Gasteiger partial charge in [0.2, 0.25) is 0 Å². The van der Waals surface area contributed by atoms with E-state index >= 15 is 0 Å². The summed E-state index contributed by atoms with van der Waals surface area (Å²) in [6, 6.07) is 0. The lowest BCUT2D eigenvalue weighted by atomic mass is 9.99. The summed E-state index contributed by atoms with van der Waals surface area (Å²) >= 11 is 0. The minimum absolute atomic E-state index is 0.00287. The van der Waals surface area contributed by atoms with E-state index in [2.05, 4.69) is 0 Å². The largest absolute Gasteiger partial charge is 0.299 e. The molecule has 2 heteroatoms. The summed E-state index contributed by atoms with van der Waals surface area (Å²) in [7, 11) is 0. The predicted molar refractivity (Wildman–Crippen MR) is 37.6 cm³/mol. The fraction of sp³-hybridized carbons (Fsp3) is 0.750. The van der Waals surface area contributed by atoms with Crippen molar-refractivity contribution in [3.8, 4) is 0 Å². The van der Waals surface area contributed by atoms with Crippen LogP contribution in [0.4, 0.5) is 0 Å². The molecule has 0 spiro atoms. The van der Waals surface area contributed by atoms with Crippen molar-refractivity contribution >= 4 is 11.6 Å². The second-order valence-corrected chi connectivity index (χ2v) is 3.01. The molecule has 0 aromatic rings. The number of carbonyl (C=O) groups excluding carboxylic acids is 2. The molecule has 1 fully saturated rings. The maximum atomic E-state index is 11.1. The van der Waals surface area contributed by atoms with Crippen LogP contribution in [0, 0.1) is 11.8 Å². The number of hydrogen-bond donors (Lipinski definition) is 0. The fourth-order valence-electron chi connectivity index (χ4n) is 0.922. The Morgan fingerprint density at radius 2 is 1.90 bits per heavy atom. The fourth-order valence-corrected chi connectivity index (χ4v) is 0.922. The van der Waals surface area contributed by atoms with E-state index in [0.717, 1.165) is 12.8 Å². The molecule has 1 aliphatic rings. The quantitative estimate of drug-likeness (QED) is 0.552. The van der Waals surface area contributed by atoms with Gasteiger partial charge in [-0.1, -0.05) is 0 Å². The van der Waals surface area contributed by atoms with Gasteiger partial charge in [-0.05, 0) is 26.7 Å². The van der Waals surface area contributed by atoms with Gasteiger partial charge in [0.05, 0.1) is 5.92 Å². The van der Waals surface area contributed by atoms with Crippen LogP contribution in [0.3, 0.4) is 0 Å². The lowest BCUT2D eigenvalue weighted by Gasteiger charge is -2.02. The normalized spacial score (nSPS) is 20.2. The second-order valence-electron chi connectivity index (χ2n) is 3.01. The molecular weight excluding hydrogens is 128 g/mol. The predicted octanol–water partition coefficient (Wildman–Crippen LogP) is 1.19. The molecular formula is C8H12O2. The molecule has 1 unspecified atom stereocenters. The molecule has 0 radical (unpaired) electrons. The van der Waals surface area contributed by atoms with E-state index in [4.69, 9.17) is 0 Å². The Morgan fingerprint density at radius 3 is 2.20 bits per heavy atom. The Balaban J connectivity index is 2.46. The Bertz CT molecular complexity index is 168. The van der Waals surface area contributed by atoms with Gasteiger partial charge >= 0.3 is 0 Å². The second kappa shape index (κ2) is 2.52. The summed E-state index contributed by atoms with van der Waals surface area (Å²) in [5.41, 5.74) is 0. The molecule has 1 saturated carbocycles. The van der Waals surface area contributed by atoms with Crippen molar-refractivity contribution in [1.82, 2.24) is 0 Å². The molecule has 0 aliphatic heterocycles. The van der Waals surface area contributed by atoms with Gasteiger partial charge in [-0.3, -0.25) is 9.59 Å². The molecule has 0 saturated heterocycles. The summed E-state index contributed by atoms with van der Waals surface area (Å²) in [6.07, 6.45) is 1.99. The zero-order valence-corrected chi connectivity index (χ0v) is 6.39. The van der Waals surface area contributed by atoms with Gasteiger partial charge in [0, 0.05) is 5.92 Å². The van der Waals surface area contributed by atoms with Crippen LogP contribution in [-0.4, -0.2) is 11.6 Å². The number of ketones is 2. The summed E-state index contributed by atoms with van der Waals surface area (Å²) in [5, 5.41) is 0. The van der Waals surface area contributed by atoms with Gasteiger partial charge in [0.15, 0.2) is 0 Å². The van der Waals surface area contributed by atoms with Crippen LogP contribution in [0.15, 0.2) is 0 Å². The summed E-state index contributed by atoms with van der Waals surface area (Å²) in [4.78, 5) is 21.8. The first kappa shape index (κ1) is 7.45. The van der Waals surface area contributed by atoms with Crippen molar-refractivity contribution in [2.75, 3.05) is 0 Å². The smallest absolute Gasteiger partial charge is 0.146 e. The first-order valence-corrected chi connectivity index (χ1v) is 3.67. The molecule has 0 amide bonds. The van der Waals surface area contributed by atoms with Gasteiger partial charge in [0.25, 0.3) is 0 Å². The standard InChI is InChI=1S/C8H12O2/c1-5(6(2)9)8(10)7-3-4-7/h5,7H,3-4H2,1-2H3. The van der Waals surface area contributed by atoms with Crippen LogP contribution in [0.1, 0.15) is 26.7 Å². The Kier molecular flexibility index (Phi) is 1.88. The molecule has 0 aromatic carbocycles. The van der Waals surface area contributed by atoms with E-state index in [1.807, 2.05) is 0 Å². The Labute approximate surface area is 60.6 Å². The molecule has 1 rings (SSSR count). The van der Waals surface area contributed by atoms with Crippen LogP contribution in [0.5, 0.6) is 0 Å². The van der Waals surface area contributed by atoms with E-state index in [-0.39, 0.29) is 23.4 Å². The SMILES string of the molecule is CC(=O)C(C)C(=O)C1CC1. The van der Waals surface area contributed by atoms with Gasteiger partial charge < -0.3 is 0 Å². The highest BCUT2D eigenvalue weighted by atomic mass is 16.1. The average molecular weight is 140 g/mol. The van der Waals surface area contributed by atoms with Crippen LogP contribution in [0.25, 0.3) is 0 Å². The highest BCUT2D eigenvalue weighted by molar-refractivity contribution is 6.02. The van der Waals surface area contributed by atoms with Crippen LogP contribution in [0.2, 0.25) is 0 Å². The average Bonchev–Trinajstić information content (AvgIpc) is 2.65. The summed E-state index contributed by atoms with van der Waals surface area (Å²) in [5.74, 6) is 0.01000. The van der Waals surface area contributed by atoms with Crippen molar-refractivity contribution in [3.63, 3.8) is 0 Å². The topological polar surface area (TPSA) is 34.1 Å². The van der Waals surface area contributed by atoms with Gasteiger partial charge in [0.1, 0.15) is 11.6 Å². The van der Waals surface area contributed by atoms with Crippen LogP contribution < -0.4 is 0 Å². The Morgan fingerprint density at radius 1 is 1.40 bits per heavy atom. The van der Waals surface area contributed by atoms with E-state index < -0.39 is 0 Å². The van der Waals surface area contributed by atoms with Crippen molar-refractivity contribution < 1.29 is 9.59 Å². The molecule has 0 aromatic heterocycles. The van der Waals surface area contributed by atoms with E-state index in [0.29, 0.717) is 0 Å². The molecule has 1 aliphatic carbocycles. The maximum absolute atomic E-state index is 11.1. The third kappa shape index (κ3) is 1.43. The third-order valence-corrected chi connectivity index (χ3v) is 2.02. The first-order valence-electron chi connectivity index (χ1n) is 3.67. The number of carbonyl (C=O) groups is 2. The van der Waals surface area contributed by atoms with Gasteiger partial charge in [-0.2, -0.15) is 0 Å². The van der Waals surface area contributed by atoms with Crippen molar-refractivity contribution in [3.05, 3.63) is 0 Å². The van der Waals surface area contributed by atoms with E-state index in [1.54, 1.807) is 6.92 Å². The monoisotopic (exact) mass is 140 g/mol. The van der Waals surface area contributed by atoms with Gasteiger partial charge in [-0.25, -0.2) is 0 Å². The molecule has 56 valence electrons. The minimum Gasteiger partial charge on any atom is -0.299 e. The van der Waals surface area contributed by atoms with Gasteiger partial charge in [-0.15, -0.1) is 0 Å². The number of Topliss-reactive ketones (excluding diaryl/α,β-unsaturated/α-hetero) is 2. The molecule has 0 bridgehead atoms. The molecule has 0 N–H and O–H groups in total. The molecule has 0 heterocycles. The zero-order chi connectivity index (χ0) is 7.72. The summed E-state index contributed by atoms with van der Waals surface area (Å²) in [6.45, 7) is 3.17. The molecule has 1 atom stereocenters. The highest BCUT2D eigenvalue weighted by Crippen LogP contribution is 2.32. The third-order valence-electron chi connectivity index (χ3n) is 2.02. The lowest BCUT2D eigenvalue weighted by Crippen LogP contribution is -2.19. The van der Waals surface area contributed by atoms with Crippen molar-refractivity contribution in [2.24, 2.45) is 11.8 Å². The minimum atomic E-state index is -0.354. The number of hydrogen-bond acceptors (Lipinski definition) is 2. The lowest BCUT2D eigenvalue weighted by molar-refractivity contribution is -0.131. The van der Waals surface area contributed by atoms with E-state index in [1.165, 1.54) is 6.92 Å². The number of rotatable bonds is 3. The zero-order valence-electron chi connectivity index (χ0n) is 6.39. The Hall–Kier alpha value is -0.660. The van der Waals surface area contributed by atoms with Crippen LogP contribution >= 0.6 is 0 Å². The summed E-state index contributed by atoms with van der Waals surface area (Å²) < 4.78 is 0. The van der Waals surface area contributed by atoms with Crippen LogP contribution in [-0.2, 0) is 9.59 Å². The van der Waals surface area contributed by atoms with Crippen molar-refractivity contribution in [2.45, 2.75) is 26.7 Å². The first-order chi connectivity index (χ1) is 4.63. The van der Waals surface area contributed by atoms with Crippen molar-refractivity contribution in [1.29, 1.82) is 0 Å².